The summed E-state index contributed by atoms with van der Waals surface area (Å²) in [4.78, 5) is 0. The van der Waals surface area contributed by atoms with Crippen LogP contribution in [0.4, 0.5) is 4.39 Å². The highest BCUT2D eigenvalue weighted by Gasteiger charge is 2.32. The first kappa shape index (κ1) is 15.3. The van der Waals surface area contributed by atoms with Gasteiger partial charge in [0, 0.05) is 18.7 Å². The van der Waals surface area contributed by atoms with Gasteiger partial charge in [0.15, 0.2) is 0 Å². The zero-order valence-corrected chi connectivity index (χ0v) is 12.0. The number of rotatable bonds is 5. The molecule has 1 aromatic rings. The number of hydrogen-bond donors (Lipinski definition) is 3. The van der Waals surface area contributed by atoms with E-state index in [9.17, 15) is 14.6 Å². The fraction of sp³-hybridized carbons (Fsp3) is 0.625. The van der Waals surface area contributed by atoms with Crippen molar-refractivity contribution in [1.82, 2.24) is 5.32 Å². The van der Waals surface area contributed by atoms with Crippen LogP contribution in [0.1, 0.15) is 44.6 Å². The normalized spacial score (nSPS) is 26.6. The van der Waals surface area contributed by atoms with E-state index in [1.807, 2.05) is 0 Å². The van der Waals surface area contributed by atoms with Crippen molar-refractivity contribution in [2.24, 2.45) is 5.92 Å². The summed E-state index contributed by atoms with van der Waals surface area (Å²) in [5.41, 5.74) is -0.134. The summed E-state index contributed by atoms with van der Waals surface area (Å²) in [5, 5.41) is 23.3. The Hall–Kier alpha value is -1.13. The molecule has 1 aromatic carbocycles. The second-order valence-electron chi connectivity index (χ2n) is 5.95. The van der Waals surface area contributed by atoms with Gasteiger partial charge in [0.2, 0.25) is 0 Å². The number of halogens is 1. The molecule has 0 heterocycles. The summed E-state index contributed by atoms with van der Waals surface area (Å²) in [6.07, 6.45) is 4.95. The second-order valence-corrected chi connectivity index (χ2v) is 5.95. The first-order chi connectivity index (χ1) is 9.52. The minimum Gasteiger partial charge on any atom is -0.508 e. The van der Waals surface area contributed by atoms with E-state index in [0.717, 1.165) is 31.6 Å². The molecule has 0 amide bonds. The van der Waals surface area contributed by atoms with E-state index >= 15 is 0 Å². The fourth-order valence-corrected chi connectivity index (χ4v) is 2.93. The molecule has 3 N–H and O–H groups in total. The van der Waals surface area contributed by atoms with Crippen molar-refractivity contribution in [2.45, 2.75) is 51.2 Å². The molecule has 0 bridgehead atoms. The van der Waals surface area contributed by atoms with Crippen molar-refractivity contribution in [1.29, 1.82) is 0 Å². The minimum absolute atomic E-state index is 0.0839. The molecule has 2 rings (SSSR count). The Labute approximate surface area is 119 Å². The van der Waals surface area contributed by atoms with Crippen molar-refractivity contribution in [3.8, 4) is 5.75 Å². The van der Waals surface area contributed by atoms with Crippen LogP contribution < -0.4 is 5.32 Å². The highest BCUT2D eigenvalue weighted by atomic mass is 19.1. The van der Waals surface area contributed by atoms with Gasteiger partial charge in [0.25, 0.3) is 0 Å². The zero-order valence-electron chi connectivity index (χ0n) is 12.0. The van der Waals surface area contributed by atoms with Crippen molar-refractivity contribution >= 4 is 0 Å². The van der Waals surface area contributed by atoms with E-state index in [4.69, 9.17) is 0 Å². The van der Waals surface area contributed by atoms with Crippen molar-refractivity contribution in [3.63, 3.8) is 0 Å². The quantitative estimate of drug-likeness (QED) is 0.778. The third kappa shape index (κ3) is 3.93. The lowest BCUT2D eigenvalue weighted by Gasteiger charge is -2.36. The van der Waals surface area contributed by atoms with Gasteiger partial charge in [0.05, 0.1) is 5.60 Å². The largest absolute Gasteiger partial charge is 0.508 e. The van der Waals surface area contributed by atoms with E-state index in [2.05, 4.69) is 12.2 Å². The summed E-state index contributed by atoms with van der Waals surface area (Å²) in [5.74, 6) is 0.463. The molecule has 1 aliphatic carbocycles. The summed E-state index contributed by atoms with van der Waals surface area (Å²) in [6, 6.07) is 3.91. The predicted octanol–water partition coefficient (Wildman–Crippen LogP) is 2.95. The Bertz CT molecular complexity index is 442. The number of hydrogen-bond acceptors (Lipinski definition) is 3. The van der Waals surface area contributed by atoms with Gasteiger partial charge in [-0.2, -0.15) is 0 Å². The fourth-order valence-electron chi connectivity index (χ4n) is 2.93. The van der Waals surface area contributed by atoms with Gasteiger partial charge in [-0.05, 0) is 49.8 Å². The number of benzene rings is 1. The molecular weight excluding hydrogens is 257 g/mol. The number of nitrogens with one attached hydrogen (secondary N) is 1. The molecule has 1 fully saturated rings. The molecule has 0 aromatic heterocycles. The average Bonchev–Trinajstić information content (AvgIpc) is 2.43. The highest BCUT2D eigenvalue weighted by Crippen LogP contribution is 2.33. The molecule has 112 valence electrons. The Morgan fingerprint density at radius 2 is 2.05 bits per heavy atom. The third-order valence-corrected chi connectivity index (χ3v) is 4.42. The van der Waals surface area contributed by atoms with Gasteiger partial charge < -0.3 is 15.5 Å². The Kier molecular flexibility index (Phi) is 5.00. The van der Waals surface area contributed by atoms with Gasteiger partial charge in [-0.3, -0.25) is 0 Å². The maximum Gasteiger partial charge on any atom is 0.123 e. The lowest BCUT2D eigenvalue weighted by atomic mass is 9.78. The monoisotopic (exact) mass is 281 g/mol. The van der Waals surface area contributed by atoms with Crippen LogP contribution in [0.15, 0.2) is 18.2 Å². The second kappa shape index (κ2) is 6.55. The van der Waals surface area contributed by atoms with Crippen LogP contribution in [-0.2, 0) is 6.54 Å². The van der Waals surface area contributed by atoms with Crippen LogP contribution in [0.2, 0.25) is 0 Å². The summed E-state index contributed by atoms with van der Waals surface area (Å²) in [6.45, 7) is 3.04. The van der Waals surface area contributed by atoms with E-state index < -0.39 is 5.60 Å². The lowest BCUT2D eigenvalue weighted by molar-refractivity contribution is -0.00884. The third-order valence-electron chi connectivity index (χ3n) is 4.42. The maximum absolute atomic E-state index is 13.1. The number of phenolic OH excluding ortho intramolecular Hbond substituents is 1. The van der Waals surface area contributed by atoms with Crippen LogP contribution in [0.5, 0.6) is 5.75 Å². The molecule has 1 saturated carbocycles. The van der Waals surface area contributed by atoms with E-state index in [0.29, 0.717) is 18.7 Å². The van der Waals surface area contributed by atoms with E-state index in [1.165, 1.54) is 24.6 Å². The van der Waals surface area contributed by atoms with Gasteiger partial charge >= 0.3 is 0 Å². The molecule has 20 heavy (non-hydrogen) atoms. The van der Waals surface area contributed by atoms with Crippen molar-refractivity contribution in [2.75, 3.05) is 6.54 Å². The molecule has 0 aliphatic heterocycles. The smallest absolute Gasteiger partial charge is 0.123 e. The molecule has 1 aliphatic rings. The SMILES string of the molecule is CCC1CCC(O)(CNCc2cc(F)ccc2O)CC1. The van der Waals surface area contributed by atoms with Crippen molar-refractivity contribution in [3.05, 3.63) is 29.6 Å². The standard InChI is InChI=1S/C16H24FNO2/c1-2-12-5-7-16(20,8-6-12)11-18-10-13-9-14(17)3-4-15(13)19/h3-4,9,12,18-20H,2,5-8,10-11H2,1H3. The lowest BCUT2D eigenvalue weighted by Crippen LogP contribution is -2.43. The predicted molar refractivity (Wildman–Crippen MR) is 77.0 cm³/mol. The Morgan fingerprint density at radius 1 is 1.35 bits per heavy atom. The average molecular weight is 281 g/mol. The van der Waals surface area contributed by atoms with Gasteiger partial charge in [0.1, 0.15) is 11.6 Å². The van der Waals surface area contributed by atoms with Gasteiger partial charge in [-0.1, -0.05) is 13.3 Å². The van der Waals surface area contributed by atoms with Crippen LogP contribution in [-0.4, -0.2) is 22.4 Å². The topological polar surface area (TPSA) is 52.5 Å². The molecule has 0 saturated heterocycles. The summed E-state index contributed by atoms with van der Waals surface area (Å²) >= 11 is 0. The van der Waals surface area contributed by atoms with Crippen LogP contribution in [0.3, 0.4) is 0 Å². The molecule has 0 unspecified atom stereocenters. The van der Waals surface area contributed by atoms with Crippen molar-refractivity contribution < 1.29 is 14.6 Å². The van der Waals surface area contributed by atoms with Crippen LogP contribution in [0, 0.1) is 11.7 Å². The van der Waals surface area contributed by atoms with E-state index in [1.54, 1.807) is 0 Å². The molecule has 0 atom stereocenters. The Balaban J connectivity index is 1.82. The van der Waals surface area contributed by atoms with E-state index in [-0.39, 0.29) is 11.6 Å². The van der Waals surface area contributed by atoms with Gasteiger partial charge in [-0.15, -0.1) is 0 Å². The zero-order chi connectivity index (χ0) is 14.6. The highest BCUT2D eigenvalue weighted by molar-refractivity contribution is 5.32. The number of aliphatic hydroxyl groups is 1. The minimum atomic E-state index is -0.658. The molecule has 3 nitrogen and oxygen atoms in total. The van der Waals surface area contributed by atoms with Crippen LogP contribution >= 0.6 is 0 Å². The summed E-state index contributed by atoms with van der Waals surface area (Å²) < 4.78 is 13.1. The van der Waals surface area contributed by atoms with Gasteiger partial charge in [-0.25, -0.2) is 4.39 Å². The van der Waals surface area contributed by atoms with Crippen LogP contribution in [0.25, 0.3) is 0 Å². The molecule has 0 spiro atoms. The number of aromatic hydroxyl groups is 1. The summed E-state index contributed by atoms with van der Waals surface area (Å²) in [7, 11) is 0. The number of phenols is 1. The molecular formula is C16H24FNO2. The molecule has 4 heteroatoms. The Morgan fingerprint density at radius 3 is 2.70 bits per heavy atom. The maximum atomic E-state index is 13.1. The first-order valence-corrected chi connectivity index (χ1v) is 7.43. The molecule has 0 radical (unpaired) electrons. The first-order valence-electron chi connectivity index (χ1n) is 7.43.